The Balaban J connectivity index is 2.79. The normalized spacial score (nSPS) is 12.5. The predicted molar refractivity (Wildman–Crippen MR) is 44.1 cm³/mol. The molecule has 1 aromatic carbocycles. The van der Waals surface area contributed by atoms with Crippen LogP contribution in [0.4, 0.5) is 8.78 Å². The first-order valence-electron chi connectivity index (χ1n) is 3.78. The maximum absolute atomic E-state index is 12.6. The molecule has 0 spiro atoms. The number of carbonyl (C=O) groups is 1. The van der Waals surface area contributed by atoms with Crippen LogP contribution in [0.15, 0.2) is 18.2 Å². The summed E-state index contributed by atoms with van der Waals surface area (Å²) in [5.41, 5.74) is 5.82. The van der Waals surface area contributed by atoms with E-state index in [9.17, 15) is 13.6 Å². The molecule has 1 aromatic rings. The number of halogens is 2. The van der Waals surface area contributed by atoms with E-state index in [1.807, 2.05) is 0 Å². The zero-order valence-corrected chi connectivity index (χ0v) is 6.84. The lowest BCUT2D eigenvalue weighted by Crippen LogP contribution is -2.24. The highest BCUT2D eigenvalue weighted by Gasteiger charge is 2.05. The van der Waals surface area contributed by atoms with E-state index in [0.29, 0.717) is 11.8 Å². The van der Waals surface area contributed by atoms with Gasteiger partial charge in [-0.1, -0.05) is 6.07 Å². The van der Waals surface area contributed by atoms with Crippen molar-refractivity contribution in [3.05, 3.63) is 35.4 Å². The predicted octanol–water partition coefficient (Wildman–Crippen LogP) is 1.03. The van der Waals surface area contributed by atoms with Gasteiger partial charge in [-0.15, -0.1) is 0 Å². The molecule has 2 N–H and O–H groups in total. The lowest BCUT2D eigenvalue weighted by molar-refractivity contribution is -0.108. The van der Waals surface area contributed by atoms with E-state index in [4.69, 9.17) is 5.73 Å². The van der Waals surface area contributed by atoms with Gasteiger partial charge in [-0.3, -0.25) is 0 Å². The lowest BCUT2D eigenvalue weighted by atomic mass is 10.1. The van der Waals surface area contributed by atoms with Gasteiger partial charge in [0, 0.05) is 0 Å². The minimum Gasteiger partial charge on any atom is -0.321 e. The first-order chi connectivity index (χ1) is 6.13. The van der Waals surface area contributed by atoms with Crippen LogP contribution < -0.4 is 5.73 Å². The van der Waals surface area contributed by atoms with Crippen LogP contribution in [0, 0.1) is 11.6 Å². The summed E-state index contributed by atoms with van der Waals surface area (Å²) in [5.74, 6) is -1.82. The Morgan fingerprint density at radius 2 is 2.08 bits per heavy atom. The summed E-state index contributed by atoms with van der Waals surface area (Å²) in [4.78, 5) is 10.2. The van der Waals surface area contributed by atoms with Crippen molar-refractivity contribution in [2.75, 3.05) is 0 Å². The van der Waals surface area contributed by atoms with Crippen LogP contribution in [0.1, 0.15) is 5.56 Å². The Morgan fingerprint density at radius 1 is 1.38 bits per heavy atom. The first kappa shape index (κ1) is 9.80. The van der Waals surface area contributed by atoms with Crippen LogP contribution in [0.25, 0.3) is 0 Å². The molecule has 0 saturated carbocycles. The Hall–Kier alpha value is -1.29. The maximum atomic E-state index is 12.6. The molecule has 0 fully saturated rings. The van der Waals surface area contributed by atoms with Gasteiger partial charge in [0.1, 0.15) is 6.29 Å². The lowest BCUT2D eigenvalue weighted by Gasteiger charge is -2.03. The quantitative estimate of drug-likeness (QED) is 0.715. The molecular weight excluding hydrogens is 176 g/mol. The molecule has 13 heavy (non-hydrogen) atoms. The average Bonchev–Trinajstić information content (AvgIpc) is 2.11. The van der Waals surface area contributed by atoms with Crippen molar-refractivity contribution in [3.8, 4) is 0 Å². The molecule has 4 heteroatoms. The SMILES string of the molecule is NC(C=O)Cc1ccc(F)c(F)c1. The molecule has 0 radical (unpaired) electrons. The third-order valence-corrected chi connectivity index (χ3v) is 1.63. The summed E-state index contributed by atoms with van der Waals surface area (Å²) in [7, 11) is 0. The molecule has 2 nitrogen and oxygen atoms in total. The molecule has 1 unspecified atom stereocenters. The molecule has 0 aliphatic rings. The highest BCUT2D eigenvalue weighted by molar-refractivity contribution is 5.57. The topological polar surface area (TPSA) is 43.1 Å². The van der Waals surface area contributed by atoms with E-state index >= 15 is 0 Å². The van der Waals surface area contributed by atoms with E-state index in [2.05, 4.69) is 0 Å². The first-order valence-corrected chi connectivity index (χ1v) is 3.78. The molecule has 1 rings (SSSR count). The second-order valence-electron chi connectivity index (χ2n) is 2.75. The van der Waals surface area contributed by atoms with Crippen LogP contribution >= 0.6 is 0 Å². The number of nitrogens with two attached hydrogens (primary N) is 1. The van der Waals surface area contributed by atoms with Crippen molar-refractivity contribution in [1.82, 2.24) is 0 Å². The summed E-state index contributed by atoms with van der Waals surface area (Å²) in [6.45, 7) is 0. The second kappa shape index (κ2) is 4.09. The molecule has 0 aromatic heterocycles. The molecule has 0 amide bonds. The second-order valence-corrected chi connectivity index (χ2v) is 2.75. The summed E-state index contributed by atoms with van der Waals surface area (Å²) in [5, 5.41) is 0. The fourth-order valence-electron chi connectivity index (χ4n) is 0.987. The average molecular weight is 185 g/mol. The molecule has 0 saturated heterocycles. The van der Waals surface area contributed by atoms with Crippen molar-refractivity contribution in [1.29, 1.82) is 0 Å². The number of hydrogen-bond acceptors (Lipinski definition) is 2. The van der Waals surface area contributed by atoms with E-state index in [1.165, 1.54) is 6.07 Å². The third-order valence-electron chi connectivity index (χ3n) is 1.63. The summed E-state index contributed by atoms with van der Waals surface area (Å²) >= 11 is 0. The van der Waals surface area contributed by atoms with E-state index in [-0.39, 0.29) is 6.42 Å². The van der Waals surface area contributed by atoms with Crippen LogP contribution in [-0.4, -0.2) is 12.3 Å². The van der Waals surface area contributed by atoms with E-state index in [1.54, 1.807) is 0 Å². The molecule has 1 atom stereocenters. The minimum absolute atomic E-state index is 0.223. The van der Waals surface area contributed by atoms with Crippen LogP contribution in [0.5, 0.6) is 0 Å². The largest absolute Gasteiger partial charge is 0.321 e. The highest BCUT2D eigenvalue weighted by atomic mass is 19.2. The summed E-state index contributed by atoms with van der Waals surface area (Å²) < 4.78 is 25.1. The number of hydrogen-bond donors (Lipinski definition) is 1. The summed E-state index contributed by atoms with van der Waals surface area (Å²) in [6.07, 6.45) is 0.794. The Morgan fingerprint density at radius 3 is 2.62 bits per heavy atom. The van der Waals surface area contributed by atoms with Crippen molar-refractivity contribution in [3.63, 3.8) is 0 Å². The van der Waals surface area contributed by atoms with Crippen molar-refractivity contribution in [2.24, 2.45) is 5.73 Å². The molecule has 0 aliphatic carbocycles. The van der Waals surface area contributed by atoms with Gasteiger partial charge >= 0.3 is 0 Å². The number of benzene rings is 1. The van der Waals surface area contributed by atoms with Gasteiger partial charge in [0.2, 0.25) is 0 Å². The van der Waals surface area contributed by atoms with Crippen molar-refractivity contribution in [2.45, 2.75) is 12.5 Å². The van der Waals surface area contributed by atoms with E-state index in [0.717, 1.165) is 12.1 Å². The fraction of sp³-hybridized carbons (Fsp3) is 0.222. The molecule has 70 valence electrons. The van der Waals surface area contributed by atoms with Gasteiger partial charge in [-0.2, -0.15) is 0 Å². The number of rotatable bonds is 3. The highest BCUT2D eigenvalue weighted by Crippen LogP contribution is 2.09. The summed E-state index contributed by atoms with van der Waals surface area (Å²) in [6, 6.07) is 2.80. The van der Waals surface area contributed by atoms with Gasteiger partial charge in [0.25, 0.3) is 0 Å². The third kappa shape index (κ3) is 2.59. The van der Waals surface area contributed by atoms with E-state index < -0.39 is 17.7 Å². The zero-order chi connectivity index (χ0) is 9.84. The van der Waals surface area contributed by atoms with Crippen LogP contribution in [-0.2, 0) is 11.2 Å². The Bertz CT molecular complexity index is 314. The van der Waals surface area contributed by atoms with Crippen LogP contribution in [0.3, 0.4) is 0 Å². The van der Waals surface area contributed by atoms with Crippen molar-refractivity contribution >= 4 is 6.29 Å². The van der Waals surface area contributed by atoms with Gasteiger partial charge < -0.3 is 10.5 Å². The Kier molecular flexibility index (Phi) is 3.08. The fourth-order valence-corrected chi connectivity index (χ4v) is 0.987. The standard InChI is InChI=1S/C9H9F2NO/c10-8-2-1-6(4-9(8)11)3-7(12)5-13/h1-2,4-5,7H,3,12H2. The monoisotopic (exact) mass is 185 g/mol. The molecule has 0 bridgehead atoms. The number of carbonyl (C=O) groups excluding carboxylic acids is 1. The number of aldehydes is 1. The van der Waals surface area contributed by atoms with Gasteiger partial charge in [0.05, 0.1) is 6.04 Å². The smallest absolute Gasteiger partial charge is 0.159 e. The molecule has 0 aliphatic heterocycles. The maximum Gasteiger partial charge on any atom is 0.159 e. The van der Waals surface area contributed by atoms with Crippen molar-refractivity contribution < 1.29 is 13.6 Å². The Labute approximate surface area is 74.4 Å². The molecule has 0 heterocycles. The molecular formula is C9H9F2NO. The van der Waals surface area contributed by atoms with Crippen LogP contribution in [0.2, 0.25) is 0 Å². The van der Waals surface area contributed by atoms with Gasteiger partial charge in [-0.05, 0) is 24.1 Å². The minimum atomic E-state index is -0.921. The zero-order valence-electron chi connectivity index (χ0n) is 6.84. The van der Waals surface area contributed by atoms with Gasteiger partial charge in [0.15, 0.2) is 11.6 Å². The van der Waals surface area contributed by atoms with Gasteiger partial charge in [-0.25, -0.2) is 8.78 Å².